The van der Waals surface area contributed by atoms with E-state index in [9.17, 15) is 9.90 Å². The molecule has 0 spiro atoms. The molecule has 2 aromatic carbocycles. The first-order valence-electron chi connectivity index (χ1n) is 8.50. The number of tetrazole rings is 1. The maximum Gasteiger partial charge on any atom is 0.337 e. The van der Waals surface area contributed by atoms with Gasteiger partial charge < -0.3 is 9.67 Å². The summed E-state index contributed by atoms with van der Waals surface area (Å²) in [6.45, 7) is 1.97. The third-order valence-electron chi connectivity index (χ3n) is 4.55. The van der Waals surface area contributed by atoms with Gasteiger partial charge >= 0.3 is 5.97 Å². The summed E-state index contributed by atoms with van der Waals surface area (Å²) in [5, 5.41) is 24.0. The molecule has 0 amide bonds. The molecule has 0 radical (unpaired) electrons. The summed E-state index contributed by atoms with van der Waals surface area (Å²) in [5.41, 5.74) is 3.59. The summed E-state index contributed by atoms with van der Waals surface area (Å²) in [5.74, 6) is -0.610. The predicted molar refractivity (Wildman–Crippen MR) is 99.9 cm³/mol. The number of aromatic amines is 1. The van der Waals surface area contributed by atoms with Crippen LogP contribution in [0.2, 0.25) is 0 Å². The highest BCUT2D eigenvalue weighted by atomic mass is 16.4. The average molecular weight is 359 g/mol. The zero-order valence-corrected chi connectivity index (χ0v) is 14.6. The summed E-state index contributed by atoms with van der Waals surface area (Å²) < 4.78 is 1.96. The number of aromatic carboxylic acids is 1. The van der Waals surface area contributed by atoms with Crippen molar-refractivity contribution < 1.29 is 9.90 Å². The first-order valence-corrected chi connectivity index (χ1v) is 8.50. The van der Waals surface area contributed by atoms with Gasteiger partial charge in [-0.05, 0) is 36.8 Å². The Kier molecular flexibility index (Phi) is 4.25. The van der Waals surface area contributed by atoms with Crippen LogP contribution in [-0.2, 0) is 0 Å². The van der Waals surface area contributed by atoms with Crippen LogP contribution in [0.3, 0.4) is 0 Å². The van der Waals surface area contributed by atoms with E-state index in [1.807, 2.05) is 66.1 Å². The van der Waals surface area contributed by atoms with Crippen LogP contribution in [0.15, 0.2) is 66.7 Å². The second kappa shape index (κ2) is 6.87. The van der Waals surface area contributed by atoms with E-state index in [1.54, 1.807) is 12.1 Å². The van der Waals surface area contributed by atoms with Crippen molar-refractivity contribution in [2.75, 3.05) is 0 Å². The molecule has 7 nitrogen and oxygen atoms in total. The molecule has 0 saturated heterocycles. The number of benzene rings is 2. The van der Waals surface area contributed by atoms with E-state index in [0.717, 1.165) is 17.0 Å². The zero-order chi connectivity index (χ0) is 18.8. The van der Waals surface area contributed by atoms with Crippen LogP contribution < -0.4 is 0 Å². The number of carbonyl (C=O) groups is 1. The number of carboxylic acids is 1. The SMILES string of the molecule is CC(c1nn[nH]n1)c1ccc(-c2ccccc2)n1-c1ccccc1C(=O)O. The van der Waals surface area contributed by atoms with Gasteiger partial charge in [-0.3, -0.25) is 0 Å². The molecule has 4 aromatic rings. The number of carboxylic acid groups (broad SMARTS) is 1. The molecule has 1 atom stereocenters. The average Bonchev–Trinajstić information content (AvgIpc) is 3.38. The van der Waals surface area contributed by atoms with Gasteiger partial charge in [0.2, 0.25) is 0 Å². The monoisotopic (exact) mass is 359 g/mol. The summed E-state index contributed by atoms with van der Waals surface area (Å²) in [4.78, 5) is 11.8. The predicted octanol–water partition coefficient (Wildman–Crippen LogP) is 3.51. The van der Waals surface area contributed by atoms with Crippen LogP contribution in [0.25, 0.3) is 16.9 Å². The van der Waals surface area contributed by atoms with Crippen LogP contribution in [-0.4, -0.2) is 36.3 Å². The van der Waals surface area contributed by atoms with Crippen LogP contribution in [0.5, 0.6) is 0 Å². The van der Waals surface area contributed by atoms with Gasteiger partial charge in [-0.15, -0.1) is 10.2 Å². The molecule has 2 heterocycles. The molecule has 0 saturated carbocycles. The number of H-pyrrole nitrogens is 1. The van der Waals surface area contributed by atoms with Crippen molar-refractivity contribution in [3.8, 4) is 16.9 Å². The topological polar surface area (TPSA) is 96.7 Å². The Balaban J connectivity index is 1.98. The highest BCUT2D eigenvalue weighted by Gasteiger charge is 2.23. The van der Waals surface area contributed by atoms with E-state index < -0.39 is 5.97 Å². The molecular weight excluding hydrogens is 342 g/mol. The Hall–Kier alpha value is -3.74. The van der Waals surface area contributed by atoms with Gasteiger partial charge in [-0.2, -0.15) is 5.21 Å². The van der Waals surface area contributed by atoms with Gasteiger partial charge in [0.25, 0.3) is 0 Å². The summed E-state index contributed by atoms with van der Waals surface area (Å²) in [7, 11) is 0. The molecule has 0 aliphatic heterocycles. The Morgan fingerprint density at radius 1 is 1.04 bits per heavy atom. The largest absolute Gasteiger partial charge is 0.478 e. The lowest BCUT2D eigenvalue weighted by molar-refractivity contribution is 0.0697. The van der Waals surface area contributed by atoms with Crippen LogP contribution in [0, 0.1) is 0 Å². The standard InChI is InChI=1S/C20H17N5O2/c1-13(19-21-23-24-22-19)16-11-12-17(14-7-3-2-4-8-14)25(16)18-10-6-5-9-15(18)20(26)27/h2-13H,1H3,(H,26,27)(H,21,22,23,24). The van der Waals surface area contributed by atoms with Crippen LogP contribution in [0.4, 0.5) is 0 Å². The van der Waals surface area contributed by atoms with Gasteiger partial charge in [-0.25, -0.2) is 4.79 Å². The smallest absolute Gasteiger partial charge is 0.337 e. The van der Waals surface area contributed by atoms with Crippen molar-refractivity contribution in [2.45, 2.75) is 12.8 Å². The zero-order valence-electron chi connectivity index (χ0n) is 14.6. The number of nitrogens with zero attached hydrogens (tertiary/aromatic N) is 4. The third kappa shape index (κ3) is 2.99. The molecule has 27 heavy (non-hydrogen) atoms. The highest BCUT2D eigenvalue weighted by Crippen LogP contribution is 2.33. The van der Waals surface area contributed by atoms with Crippen LogP contribution in [0.1, 0.15) is 34.7 Å². The number of para-hydroxylation sites is 1. The number of hydrogen-bond donors (Lipinski definition) is 2. The van der Waals surface area contributed by atoms with E-state index in [2.05, 4.69) is 20.6 Å². The van der Waals surface area contributed by atoms with Gasteiger partial charge in [0.15, 0.2) is 5.82 Å². The van der Waals surface area contributed by atoms with E-state index >= 15 is 0 Å². The second-order valence-electron chi connectivity index (χ2n) is 6.16. The molecule has 0 bridgehead atoms. The Morgan fingerprint density at radius 3 is 2.48 bits per heavy atom. The highest BCUT2D eigenvalue weighted by molar-refractivity contribution is 5.92. The Morgan fingerprint density at radius 2 is 1.78 bits per heavy atom. The molecule has 7 heteroatoms. The minimum atomic E-state index is -0.975. The molecule has 1 unspecified atom stereocenters. The van der Waals surface area contributed by atoms with Crippen molar-refractivity contribution in [3.63, 3.8) is 0 Å². The lowest BCUT2D eigenvalue weighted by atomic mass is 10.1. The molecule has 0 aliphatic rings. The first kappa shape index (κ1) is 16.7. The van der Waals surface area contributed by atoms with Gasteiger partial charge in [-0.1, -0.05) is 47.7 Å². The lowest BCUT2D eigenvalue weighted by Crippen LogP contribution is -2.12. The van der Waals surface area contributed by atoms with Crippen molar-refractivity contribution in [3.05, 3.63) is 83.8 Å². The first-order chi connectivity index (χ1) is 13.2. The second-order valence-corrected chi connectivity index (χ2v) is 6.16. The molecular formula is C20H17N5O2. The number of aromatic nitrogens is 5. The van der Waals surface area contributed by atoms with E-state index in [4.69, 9.17) is 0 Å². The van der Waals surface area contributed by atoms with Crippen LogP contribution >= 0.6 is 0 Å². The molecule has 2 aromatic heterocycles. The maximum atomic E-state index is 11.8. The van der Waals surface area contributed by atoms with Gasteiger partial charge in [0.05, 0.1) is 22.9 Å². The molecule has 0 fully saturated rings. The minimum absolute atomic E-state index is 0.178. The van der Waals surface area contributed by atoms with Crippen molar-refractivity contribution in [1.82, 2.24) is 25.2 Å². The Bertz CT molecular complexity index is 1070. The number of hydrogen-bond acceptors (Lipinski definition) is 4. The fourth-order valence-electron chi connectivity index (χ4n) is 3.23. The summed E-state index contributed by atoms with van der Waals surface area (Å²) >= 11 is 0. The van der Waals surface area contributed by atoms with Crippen molar-refractivity contribution in [2.24, 2.45) is 0 Å². The number of rotatable bonds is 5. The lowest BCUT2D eigenvalue weighted by Gasteiger charge is -2.18. The molecule has 134 valence electrons. The quantitative estimate of drug-likeness (QED) is 0.568. The molecule has 4 rings (SSSR count). The van der Waals surface area contributed by atoms with Gasteiger partial charge in [0.1, 0.15) is 0 Å². The minimum Gasteiger partial charge on any atom is -0.478 e. The van der Waals surface area contributed by atoms with E-state index in [-0.39, 0.29) is 11.5 Å². The van der Waals surface area contributed by atoms with E-state index in [1.165, 1.54) is 0 Å². The summed E-state index contributed by atoms with van der Waals surface area (Å²) in [6, 6.07) is 20.8. The third-order valence-corrected chi connectivity index (χ3v) is 4.55. The maximum absolute atomic E-state index is 11.8. The summed E-state index contributed by atoms with van der Waals surface area (Å²) in [6.07, 6.45) is 0. The van der Waals surface area contributed by atoms with Crippen molar-refractivity contribution >= 4 is 5.97 Å². The van der Waals surface area contributed by atoms with Gasteiger partial charge in [0, 0.05) is 5.69 Å². The molecule has 2 N–H and O–H groups in total. The number of nitrogens with one attached hydrogen (secondary N) is 1. The fourth-order valence-corrected chi connectivity index (χ4v) is 3.23. The normalized spacial score (nSPS) is 12.0. The van der Waals surface area contributed by atoms with E-state index in [0.29, 0.717) is 11.5 Å². The van der Waals surface area contributed by atoms with Crippen molar-refractivity contribution in [1.29, 1.82) is 0 Å². The Labute approximate surface area is 155 Å². The fraction of sp³-hybridized carbons (Fsp3) is 0.100. The molecule has 0 aliphatic carbocycles.